The minimum atomic E-state index is -2.34. The number of nitrogens with zero attached hydrogens (tertiary/aromatic N) is 1. The number of aromatic nitrogens is 1. The average molecular weight is 335 g/mol. The van der Waals surface area contributed by atoms with E-state index in [9.17, 15) is 4.39 Å². The molecular formula is C20H29FNSi+. The first kappa shape index (κ1) is 12.9. The van der Waals surface area contributed by atoms with Gasteiger partial charge in [-0.15, -0.1) is 0 Å². The van der Waals surface area contributed by atoms with Crippen LogP contribution in [0.5, 0.6) is 0 Å². The van der Waals surface area contributed by atoms with Crippen LogP contribution >= 0.6 is 0 Å². The van der Waals surface area contributed by atoms with Gasteiger partial charge in [-0.2, -0.15) is 0 Å². The van der Waals surface area contributed by atoms with Crippen molar-refractivity contribution in [2.24, 2.45) is 7.05 Å². The van der Waals surface area contributed by atoms with Crippen molar-refractivity contribution in [3.05, 3.63) is 46.9 Å². The summed E-state index contributed by atoms with van der Waals surface area (Å²) >= 11 is 0. The molecule has 2 rings (SSSR count). The maximum absolute atomic E-state index is 15.0. The van der Waals surface area contributed by atoms with E-state index < -0.39 is 26.6 Å². The lowest BCUT2D eigenvalue weighted by Crippen LogP contribution is -2.47. The van der Waals surface area contributed by atoms with Gasteiger partial charge in [-0.3, -0.25) is 0 Å². The van der Waals surface area contributed by atoms with Gasteiger partial charge in [-0.25, -0.2) is 8.96 Å². The van der Waals surface area contributed by atoms with Crippen LogP contribution < -0.4 is 9.75 Å². The van der Waals surface area contributed by atoms with Crippen LogP contribution in [0, 0.1) is 19.6 Å². The average Bonchev–Trinajstić information content (AvgIpc) is 2.44. The van der Waals surface area contributed by atoms with Gasteiger partial charge in [0.2, 0.25) is 5.69 Å². The van der Waals surface area contributed by atoms with Crippen molar-refractivity contribution in [3.8, 4) is 11.3 Å². The fourth-order valence-electron chi connectivity index (χ4n) is 2.98. The summed E-state index contributed by atoms with van der Waals surface area (Å²) in [5, 5.41) is 1.17. The number of pyridine rings is 1. The van der Waals surface area contributed by atoms with Crippen molar-refractivity contribution in [2.75, 3.05) is 0 Å². The standard InChI is InChI=1S/C20H29FNSi/c1-13(2)16-11-18(22(5)12-19(16)23(6,7)8)20-15(4)9-14(3)10-17(20)21/h9-13H,1-8H3/q+1/i3D3,13D. The number of rotatable bonds is 3. The Morgan fingerprint density at radius 2 is 1.87 bits per heavy atom. The number of hydrogen-bond acceptors (Lipinski definition) is 0. The largest absolute Gasteiger partial charge is 0.215 e. The summed E-state index contributed by atoms with van der Waals surface area (Å²) in [7, 11) is 0.158. The van der Waals surface area contributed by atoms with E-state index in [1.165, 1.54) is 11.3 Å². The van der Waals surface area contributed by atoms with E-state index in [4.69, 9.17) is 5.48 Å². The SMILES string of the molecule is [2H]C([2H])([2H])c1cc(C)c(-c2cc(C([2H])(C)C)c([Si](C)(C)C)c[n+]2C)c(F)c1. The Kier molecular flexibility index (Phi) is 3.47. The Morgan fingerprint density at radius 3 is 2.35 bits per heavy atom. The smallest absolute Gasteiger partial charge is 0.206 e. The van der Waals surface area contributed by atoms with Crippen LogP contribution in [0.1, 0.15) is 41.9 Å². The maximum Gasteiger partial charge on any atom is 0.215 e. The van der Waals surface area contributed by atoms with Crippen molar-refractivity contribution < 1.29 is 14.4 Å². The molecule has 0 amide bonds. The highest BCUT2D eigenvalue weighted by Gasteiger charge is 2.28. The Labute approximate surface area is 146 Å². The molecule has 0 unspecified atom stereocenters. The summed E-state index contributed by atoms with van der Waals surface area (Å²) in [5.41, 5.74) is 2.51. The molecule has 0 saturated heterocycles. The maximum atomic E-state index is 15.0. The van der Waals surface area contributed by atoms with E-state index in [-0.39, 0.29) is 5.56 Å². The molecule has 0 fully saturated rings. The molecule has 2 aromatic rings. The molecule has 1 aromatic heterocycles. The first-order valence-electron chi connectivity index (χ1n) is 9.89. The summed E-state index contributed by atoms with van der Waals surface area (Å²) in [6, 6.07) is 4.54. The highest BCUT2D eigenvalue weighted by Crippen LogP contribution is 2.27. The predicted molar refractivity (Wildman–Crippen MR) is 99.6 cm³/mol. The van der Waals surface area contributed by atoms with Gasteiger partial charge >= 0.3 is 0 Å². The fraction of sp³-hybridized carbons (Fsp3) is 0.450. The Hall–Kier alpha value is -1.48. The Morgan fingerprint density at radius 1 is 1.22 bits per heavy atom. The molecule has 0 aliphatic carbocycles. The third-order valence-corrected chi connectivity index (χ3v) is 6.18. The van der Waals surface area contributed by atoms with Crippen molar-refractivity contribution in [2.45, 2.75) is 53.2 Å². The summed E-state index contributed by atoms with van der Waals surface area (Å²) in [6.07, 6.45) is 2.02. The second kappa shape index (κ2) is 6.20. The van der Waals surface area contributed by atoms with Crippen LogP contribution in [-0.4, -0.2) is 8.07 Å². The number of halogens is 1. The highest BCUT2D eigenvalue weighted by atomic mass is 28.3. The molecule has 23 heavy (non-hydrogen) atoms. The van der Waals surface area contributed by atoms with E-state index in [1.54, 1.807) is 6.92 Å². The molecule has 1 nitrogen and oxygen atoms in total. The van der Waals surface area contributed by atoms with Crippen molar-refractivity contribution in [3.63, 3.8) is 0 Å². The van der Waals surface area contributed by atoms with Gasteiger partial charge in [0, 0.05) is 16.7 Å². The van der Waals surface area contributed by atoms with E-state index in [0.29, 0.717) is 16.8 Å². The van der Waals surface area contributed by atoms with Crippen LogP contribution in [0.15, 0.2) is 24.4 Å². The zero-order valence-electron chi connectivity index (χ0n) is 19.1. The lowest BCUT2D eigenvalue weighted by molar-refractivity contribution is -0.659. The van der Waals surface area contributed by atoms with Gasteiger partial charge < -0.3 is 0 Å². The van der Waals surface area contributed by atoms with Crippen LogP contribution in [0.3, 0.4) is 0 Å². The molecule has 1 heterocycles. The van der Waals surface area contributed by atoms with E-state index in [0.717, 1.165) is 11.6 Å². The molecule has 0 radical (unpaired) electrons. The topological polar surface area (TPSA) is 3.88 Å². The minimum Gasteiger partial charge on any atom is -0.206 e. The zero-order chi connectivity index (χ0) is 20.9. The normalized spacial score (nSPS) is 15.7. The van der Waals surface area contributed by atoms with Gasteiger partial charge in [0.05, 0.1) is 13.6 Å². The van der Waals surface area contributed by atoms with Crippen molar-refractivity contribution in [1.82, 2.24) is 0 Å². The Bertz CT molecular complexity index is 854. The van der Waals surface area contributed by atoms with Crippen LogP contribution in [0.4, 0.5) is 4.39 Å². The van der Waals surface area contributed by atoms with Gasteiger partial charge in [-0.1, -0.05) is 39.6 Å². The molecule has 0 N–H and O–H groups in total. The Balaban J connectivity index is 2.81. The molecule has 0 aliphatic rings. The summed E-state index contributed by atoms with van der Waals surface area (Å²) in [5.74, 6) is -1.37. The van der Waals surface area contributed by atoms with Crippen LogP contribution in [-0.2, 0) is 7.05 Å². The van der Waals surface area contributed by atoms with Gasteiger partial charge in [0.15, 0.2) is 6.20 Å². The first-order chi connectivity index (χ1) is 12.0. The third kappa shape index (κ3) is 3.55. The van der Waals surface area contributed by atoms with Crippen molar-refractivity contribution >= 4 is 13.3 Å². The molecule has 124 valence electrons. The molecular weight excluding hydrogens is 301 g/mol. The third-order valence-electron chi connectivity index (χ3n) is 4.16. The summed E-state index contributed by atoms with van der Waals surface area (Å²) in [6.45, 7) is 9.76. The first-order valence-corrected chi connectivity index (χ1v) is 11.4. The van der Waals surface area contributed by atoms with Crippen LogP contribution in [0.25, 0.3) is 11.3 Å². The zero-order valence-corrected chi connectivity index (χ0v) is 16.1. The van der Waals surface area contributed by atoms with E-state index >= 15 is 0 Å². The fourth-order valence-corrected chi connectivity index (χ4v) is 4.69. The quantitative estimate of drug-likeness (QED) is 0.570. The monoisotopic (exact) mass is 334 g/mol. The molecule has 0 spiro atoms. The second-order valence-electron chi connectivity index (χ2n) is 7.50. The second-order valence-corrected chi connectivity index (χ2v) is 12.5. The number of aryl methyl sites for hydroxylation is 3. The summed E-state index contributed by atoms with van der Waals surface area (Å²) < 4.78 is 48.1. The highest BCUT2D eigenvalue weighted by molar-refractivity contribution is 6.89. The molecule has 3 heteroatoms. The molecule has 1 aromatic carbocycles. The van der Waals surface area contributed by atoms with E-state index in [1.807, 2.05) is 37.7 Å². The van der Waals surface area contributed by atoms with Crippen molar-refractivity contribution in [1.29, 1.82) is 0 Å². The molecule has 0 bridgehead atoms. The van der Waals surface area contributed by atoms with E-state index in [2.05, 4.69) is 19.6 Å². The van der Waals surface area contributed by atoms with Crippen LogP contribution in [0.2, 0.25) is 19.6 Å². The number of benzene rings is 1. The summed E-state index contributed by atoms with van der Waals surface area (Å²) in [4.78, 5) is 0. The van der Waals surface area contributed by atoms with Gasteiger partial charge in [-0.05, 0) is 42.4 Å². The lowest BCUT2D eigenvalue weighted by atomic mass is 9.97. The predicted octanol–water partition coefficient (Wildman–Crippen LogP) is 4.60. The van der Waals surface area contributed by atoms with Gasteiger partial charge in [0.25, 0.3) is 0 Å². The minimum absolute atomic E-state index is 0.00340. The molecule has 0 aliphatic heterocycles. The lowest BCUT2D eigenvalue weighted by Gasteiger charge is -2.22. The molecule has 0 atom stereocenters. The number of hydrogen-bond donors (Lipinski definition) is 0. The molecule has 0 saturated carbocycles. The van der Waals surface area contributed by atoms with Gasteiger partial charge in [0.1, 0.15) is 12.9 Å².